The smallest absolute Gasteiger partial charge is 0.220 e. The Bertz CT molecular complexity index is 557. The van der Waals surface area contributed by atoms with Gasteiger partial charge in [0.05, 0.1) is 19.8 Å². The summed E-state index contributed by atoms with van der Waals surface area (Å²) in [6.07, 6.45) is 33.2. The van der Waals surface area contributed by atoms with E-state index in [-0.39, 0.29) is 12.5 Å². The highest BCUT2D eigenvalue weighted by Crippen LogP contribution is 1.97. The molecule has 168 valence electrons. The molecule has 0 fully saturated rings. The number of allylic oxidation sites excluding steroid dienone is 12. The van der Waals surface area contributed by atoms with Crippen LogP contribution >= 0.6 is 0 Å². The zero-order valence-electron chi connectivity index (χ0n) is 18.7. The molecule has 4 heteroatoms. The molecule has 2 N–H and O–H groups in total. The van der Waals surface area contributed by atoms with Gasteiger partial charge in [-0.15, -0.1) is 0 Å². The molecular weight excluding hydrogens is 374 g/mol. The molecule has 30 heavy (non-hydrogen) atoms. The Kier molecular flexibility index (Phi) is 23.1. The van der Waals surface area contributed by atoms with E-state index in [1.54, 1.807) is 0 Å². The molecule has 0 atom stereocenters. The van der Waals surface area contributed by atoms with Crippen molar-refractivity contribution in [2.24, 2.45) is 0 Å². The largest absolute Gasteiger partial charge is 0.394 e. The molecule has 0 saturated carbocycles. The van der Waals surface area contributed by atoms with E-state index in [9.17, 15) is 4.79 Å². The van der Waals surface area contributed by atoms with Gasteiger partial charge in [-0.05, 0) is 44.9 Å². The highest BCUT2D eigenvalue weighted by molar-refractivity contribution is 5.75. The third kappa shape index (κ3) is 23.9. The Hall–Kier alpha value is -2.17. The number of hydrogen-bond donors (Lipinski definition) is 2. The normalized spacial score (nSPS) is 12.7. The Morgan fingerprint density at radius 1 is 0.733 bits per heavy atom. The summed E-state index contributed by atoms with van der Waals surface area (Å²) in [4.78, 5) is 11.6. The van der Waals surface area contributed by atoms with Gasteiger partial charge in [0.15, 0.2) is 0 Å². The SMILES string of the molecule is CC/C=C\C/C=C\C/C=C\C/C=C\C/C=C\C/C=C\CCC(=O)NCCOCCO. The molecule has 0 spiro atoms. The molecule has 0 aliphatic heterocycles. The second-order valence-electron chi connectivity index (χ2n) is 6.64. The van der Waals surface area contributed by atoms with Gasteiger partial charge in [0, 0.05) is 13.0 Å². The van der Waals surface area contributed by atoms with Gasteiger partial charge in [-0.2, -0.15) is 0 Å². The van der Waals surface area contributed by atoms with E-state index in [2.05, 4.69) is 79.1 Å². The standard InChI is InChI=1S/C26H41NO3/c1-2-3-4-5-6-7-8-9-10-11-12-13-14-15-16-17-18-19-20-21-26(29)27-22-24-30-25-23-28/h3-4,6-7,9-10,12-13,15-16,18-19,28H,2,5,8,11,14,17,20-25H2,1H3,(H,27,29)/b4-3-,7-6-,10-9-,13-12-,16-15-,19-18-. The van der Waals surface area contributed by atoms with Gasteiger partial charge in [0.1, 0.15) is 0 Å². The molecule has 0 aromatic heterocycles. The van der Waals surface area contributed by atoms with Gasteiger partial charge in [0.2, 0.25) is 5.91 Å². The Balaban J connectivity index is 3.53. The minimum absolute atomic E-state index is 0.0105. The summed E-state index contributed by atoms with van der Waals surface area (Å²) >= 11 is 0. The van der Waals surface area contributed by atoms with Crippen LogP contribution in [-0.4, -0.2) is 37.4 Å². The van der Waals surface area contributed by atoms with E-state index >= 15 is 0 Å². The first kappa shape index (κ1) is 27.8. The van der Waals surface area contributed by atoms with Crippen LogP contribution in [0.4, 0.5) is 0 Å². The first-order valence-electron chi connectivity index (χ1n) is 11.2. The molecule has 0 aromatic carbocycles. The number of carbonyl (C=O) groups is 1. The summed E-state index contributed by atoms with van der Waals surface area (Å²) in [7, 11) is 0. The second kappa shape index (κ2) is 24.9. The first-order chi connectivity index (χ1) is 14.8. The van der Waals surface area contributed by atoms with Crippen LogP contribution in [0.5, 0.6) is 0 Å². The van der Waals surface area contributed by atoms with Gasteiger partial charge < -0.3 is 15.2 Å². The summed E-state index contributed by atoms with van der Waals surface area (Å²) in [5.41, 5.74) is 0. The topological polar surface area (TPSA) is 58.6 Å². The maximum atomic E-state index is 11.6. The first-order valence-corrected chi connectivity index (χ1v) is 11.2. The van der Waals surface area contributed by atoms with Gasteiger partial charge in [-0.1, -0.05) is 79.8 Å². The van der Waals surface area contributed by atoms with E-state index < -0.39 is 0 Å². The van der Waals surface area contributed by atoms with Gasteiger partial charge in [0.25, 0.3) is 0 Å². The number of rotatable bonds is 19. The number of amides is 1. The fourth-order valence-corrected chi connectivity index (χ4v) is 2.37. The number of hydrogen-bond acceptors (Lipinski definition) is 3. The molecule has 0 heterocycles. The number of carbonyl (C=O) groups excluding carboxylic acids is 1. The quantitative estimate of drug-likeness (QED) is 0.214. The second-order valence-corrected chi connectivity index (χ2v) is 6.64. The molecule has 4 nitrogen and oxygen atoms in total. The maximum absolute atomic E-state index is 11.6. The fraction of sp³-hybridized carbons (Fsp3) is 0.500. The summed E-state index contributed by atoms with van der Waals surface area (Å²) in [5, 5.41) is 11.4. The van der Waals surface area contributed by atoms with Crippen molar-refractivity contribution in [2.75, 3.05) is 26.4 Å². The van der Waals surface area contributed by atoms with Gasteiger partial charge >= 0.3 is 0 Å². The molecule has 0 aliphatic rings. The molecule has 0 aliphatic carbocycles. The van der Waals surface area contributed by atoms with E-state index in [1.807, 2.05) is 6.08 Å². The number of aliphatic hydroxyl groups excluding tert-OH is 1. The Labute approximate surface area is 183 Å². The molecular formula is C26H41NO3. The van der Waals surface area contributed by atoms with Crippen molar-refractivity contribution >= 4 is 5.91 Å². The van der Waals surface area contributed by atoms with Crippen LogP contribution in [0.15, 0.2) is 72.9 Å². The van der Waals surface area contributed by atoms with Crippen LogP contribution in [-0.2, 0) is 9.53 Å². The molecule has 0 bridgehead atoms. The minimum Gasteiger partial charge on any atom is -0.394 e. The van der Waals surface area contributed by atoms with Crippen molar-refractivity contribution in [1.82, 2.24) is 5.32 Å². The van der Waals surface area contributed by atoms with Crippen molar-refractivity contribution in [3.05, 3.63) is 72.9 Å². The number of ether oxygens (including phenoxy) is 1. The average molecular weight is 416 g/mol. The van der Waals surface area contributed by atoms with Crippen molar-refractivity contribution in [3.8, 4) is 0 Å². The summed E-state index contributed by atoms with van der Waals surface area (Å²) < 4.78 is 5.08. The monoisotopic (exact) mass is 415 g/mol. The molecule has 0 radical (unpaired) electrons. The molecule has 0 saturated heterocycles. The lowest BCUT2D eigenvalue weighted by Crippen LogP contribution is -2.27. The summed E-state index contributed by atoms with van der Waals surface area (Å²) in [6, 6.07) is 0. The molecule has 1 amide bonds. The Morgan fingerprint density at radius 2 is 1.20 bits per heavy atom. The van der Waals surface area contributed by atoms with E-state index in [1.165, 1.54) is 0 Å². The lowest BCUT2D eigenvalue weighted by Gasteiger charge is -2.04. The average Bonchev–Trinajstić information content (AvgIpc) is 2.75. The predicted octanol–water partition coefficient (Wildman–Crippen LogP) is 5.59. The maximum Gasteiger partial charge on any atom is 0.220 e. The minimum atomic E-state index is 0.0105. The molecule has 0 aromatic rings. The van der Waals surface area contributed by atoms with Crippen molar-refractivity contribution in [1.29, 1.82) is 0 Å². The van der Waals surface area contributed by atoms with Gasteiger partial charge in [-0.25, -0.2) is 0 Å². The number of aliphatic hydroxyl groups is 1. The van der Waals surface area contributed by atoms with Gasteiger partial charge in [-0.3, -0.25) is 4.79 Å². The lowest BCUT2D eigenvalue weighted by molar-refractivity contribution is -0.121. The lowest BCUT2D eigenvalue weighted by atomic mass is 10.2. The van der Waals surface area contributed by atoms with Crippen LogP contribution in [0.25, 0.3) is 0 Å². The highest BCUT2D eigenvalue weighted by atomic mass is 16.5. The predicted molar refractivity (Wildman–Crippen MR) is 128 cm³/mol. The summed E-state index contributed by atoms with van der Waals surface area (Å²) in [5.74, 6) is 0.0297. The van der Waals surface area contributed by atoms with Crippen molar-refractivity contribution < 1.29 is 14.6 Å². The molecule has 0 unspecified atom stereocenters. The number of nitrogens with one attached hydrogen (secondary N) is 1. The van der Waals surface area contributed by atoms with Crippen LogP contribution in [0.1, 0.15) is 58.3 Å². The fourth-order valence-electron chi connectivity index (χ4n) is 2.37. The van der Waals surface area contributed by atoms with Crippen molar-refractivity contribution in [2.45, 2.75) is 58.3 Å². The van der Waals surface area contributed by atoms with Crippen LogP contribution in [0.2, 0.25) is 0 Å². The zero-order chi connectivity index (χ0) is 22.0. The van der Waals surface area contributed by atoms with E-state index in [4.69, 9.17) is 9.84 Å². The van der Waals surface area contributed by atoms with E-state index in [0.717, 1.165) is 44.9 Å². The van der Waals surface area contributed by atoms with Crippen LogP contribution in [0.3, 0.4) is 0 Å². The van der Waals surface area contributed by atoms with Crippen LogP contribution < -0.4 is 5.32 Å². The molecule has 0 rings (SSSR count). The highest BCUT2D eigenvalue weighted by Gasteiger charge is 1.97. The van der Waals surface area contributed by atoms with Crippen LogP contribution in [0, 0.1) is 0 Å². The van der Waals surface area contributed by atoms with Crippen molar-refractivity contribution in [3.63, 3.8) is 0 Å². The summed E-state index contributed by atoms with van der Waals surface area (Å²) in [6.45, 7) is 3.40. The van der Waals surface area contributed by atoms with E-state index in [0.29, 0.717) is 26.2 Å². The third-order valence-electron chi connectivity index (χ3n) is 3.94. The Morgan fingerprint density at radius 3 is 1.67 bits per heavy atom. The third-order valence-corrected chi connectivity index (χ3v) is 3.94. The zero-order valence-corrected chi connectivity index (χ0v) is 18.7.